The van der Waals surface area contributed by atoms with Gasteiger partial charge in [0.2, 0.25) is 0 Å². The standard InChI is InChI=1S/C16H18N2O2/c1-12-15(16(19)20)8-11-18(12)14-6-4-13(5-7-14)17-9-2-3-10-17/h4-8,11H,2-3,9-10H2,1H3,(H,19,20). The Hall–Kier alpha value is -2.23. The fourth-order valence-electron chi connectivity index (χ4n) is 2.82. The van der Waals surface area contributed by atoms with Crippen molar-refractivity contribution in [3.8, 4) is 5.69 Å². The molecule has 0 amide bonds. The highest BCUT2D eigenvalue weighted by atomic mass is 16.4. The third-order valence-corrected chi connectivity index (χ3v) is 3.97. The van der Waals surface area contributed by atoms with Crippen LogP contribution in [0.1, 0.15) is 28.9 Å². The van der Waals surface area contributed by atoms with Gasteiger partial charge >= 0.3 is 5.97 Å². The van der Waals surface area contributed by atoms with Gasteiger partial charge in [-0.25, -0.2) is 4.79 Å². The van der Waals surface area contributed by atoms with E-state index >= 15 is 0 Å². The zero-order valence-corrected chi connectivity index (χ0v) is 11.5. The maximum atomic E-state index is 11.1. The summed E-state index contributed by atoms with van der Waals surface area (Å²) in [6, 6.07) is 9.96. The van der Waals surface area contributed by atoms with Gasteiger partial charge in [-0.2, -0.15) is 0 Å². The van der Waals surface area contributed by atoms with Crippen molar-refractivity contribution in [3.63, 3.8) is 0 Å². The van der Waals surface area contributed by atoms with Crippen LogP contribution in [0.2, 0.25) is 0 Å². The summed E-state index contributed by atoms with van der Waals surface area (Å²) in [7, 11) is 0. The number of nitrogens with zero attached hydrogens (tertiary/aromatic N) is 2. The smallest absolute Gasteiger partial charge is 0.337 e. The second kappa shape index (κ2) is 5.04. The number of aromatic nitrogens is 1. The van der Waals surface area contributed by atoms with Gasteiger partial charge in [0.25, 0.3) is 0 Å². The fourth-order valence-corrected chi connectivity index (χ4v) is 2.82. The second-order valence-electron chi connectivity index (χ2n) is 5.20. The molecule has 4 nitrogen and oxygen atoms in total. The quantitative estimate of drug-likeness (QED) is 0.932. The Bertz CT molecular complexity index is 622. The minimum atomic E-state index is -0.880. The number of aromatic carboxylic acids is 1. The van der Waals surface area contributed by atoms with Crippen molar-refractivity contribution < 1.29 is 9.90 Å². The molecule has 1 saturated heterocycles. The summed E-state index contributed by atoms with van der Waals surface area (Å²) in [5.41, 5.74) is 3.35. The van der Waals surface area contributed by atoms with Gasteiger partial charge in [-0.1, -0.05) is 0 Å². The maximum absolute atomic E-state index is 11.1. The van der Waals surface area contributed by atoms with Crippen LogP contribution in [-0.2, 0) is 0 Å². The molecule has 3 rings (SSSR count). The number of anilines is 1. The molecule has 1 aromatic heterocycles. The summed E-state index contributed by atoms with van der Waals surface area (Å²) in [6.45, 7) is 4.09. The molecule has 1 aliphatic rings. The number of carbonyl (C=O) groups is 1. The van der Waals surface area contributed by atoms with E-state index in [2.05, 4.69) is 17.0 Å². The highest BCUT2D eigenvalue weighted by Gasteiger charge is 2.14. The van der Waals surface area contributed by atoms with Crippen LogP contribution in [0.25, 0.3) is 5.69 Å². The summed E-state index contributed by atoms with van der Waals surface area (Å²) in [6.07, 6.45) is 4.34. The van der Waals surface area contributed by atoms with E-state index in [0.29, 0.717) is 5.56 Å². The lowest BCUT2D eigenvalue weighted by atomic mass is 10.2. The van der Waals surface area contributed by atoms with Crippen LogP contribution in [0.3, 0.4) is 0 Å². The number of benzene rings is 1. The zero-order chi connectivity index (χ0) is 14.1. The maximum Gasteiger partial charge on any atom is 0.337 e. The van der Waals surface area contributed by atoms with Crippen LogP contribution in [0.5, 0.6) is 0 Å². The van der Waals surface area contributed by atoms with E-state index in [4.69, 9.17) is 5.11 Å². The van der Waals surface area contributed by atoms with Gasteiger partial charge in [0.1, 0.15) is 0 Å². The Morgan fingerprint density at radius 1 is 1.05 bits per heavy atom. The predicted octanol–water partition coefficient (Wildman–Crippen LogP) is 3.08. The van der Waals surface area contributed by atoms with Crippen molar-refractivity contribution in [2.75, 3.05) is 18.0 Å². The molecule has 1 N–H and O–H groups in total. The molecule has 0 bridgehead atoms. The van der Waals surface area contributed by atoms with Gasteiger partial charge in [0.05, 0.1) is 5.56 Å². The van der Waals surface area contributed by atoms with E-state index < -0.39 is 5.97 Å². The van der Waals surface area contributed by atoms with Gasteiger partial charge in [-0.05, 0) is 50.1 Å². The number of hydrogen-bond donors (Lipinski definition) is 1. The van der Waals surface area contributed by atoms with E-state index in [0.717, 1.165) is 24.5 Å². The van der Waals surface area contributed by atoms with Crippen LogP contribution in [-0.4, -0.2) is 28.7 Å². The predicted molar refractivity (Wildman–Crippen MR) is 78.9 cm³/mol. The van der Waals surface area contributed by atoms with Gasteiger partial charge in [-0.15, -0.1) is 0 Å². The molecular formula is C16H18N2O2. The van der Waals surface area contributed by atoms with Crippen LogP contribution in [0.15, 0.2) is 36.5 Å². The van der Waals surface area contributed by atoms with Crippen LogP contribution in [0.4, 0.5) is 5.69 Å². The highest BCUT2D eigenvalue weighted by molar-refractivity contribution is 5.89. The largest absolute Gasteiger partial charge is 0.478 e. The van der Waals surface area contributed by atoms with Crippen LogP contribution in [0, 0.1) is 6.92 Å². The van der Waals surface area contributed by atoms with E-state index in [1.54, 1.807) is 6.07 Å². The summed E-state index contributed by atoms with van der Waals surface area (Å²) in [4.78, 5) is 13.5. The summed E-state index contributed by atoms with van der Waals surface area (Å²) in [5, 5.41) is 9.09. The van der Waals surface area contributed by atoms with Gasteiger partial charge in [0.15, 0.2) is 0 Å². The first-order valence-electron chi connectivity index (χ1n) is 6.93. The topological polar surface area (TPSA) is 45.5 Å². The first-order chi connectivity index (χ1) is 9.66. The van der Waals surface area contributed by atoms with Crippen molar-refractivity contribution in [1.29, 1.82) is 0 Å². The van der Waals surface area contributed by atoms with Crippen molar-refractivity contribution in [2.24, 2.45) is 0 Å². The molecule has 1 aromatic carbocycles. The van der Waals surface area contributed by atoms with Gasteiger partial charge < -0.3 is 14.6 Å². The van der Waals surface area contributed by atoms with E-state index in [1.807, 2.05) is 29.8 Å². The highest BCUT2D eigenvalue weighted by Crippen LogP contribution is 2.23. The molecule has 2 heterocycles. The molecule has 0 atom stereocenters. The molecule has 0 aliphatic carbocycles. The summed E-state index contributed by atoms with van der Waals surface area (Å²) < 4.78 is 1.91. The molecule has 104 valence electrons. The molecule has 0 saturated carbocycles. The van der Waals surface area contributed by atoms with Crippen molar-refractivity contribution in [1.82, 2.24) is 4.57 Å². The van der Waals surface area contributed by atoms with Crippen LogP contribution < -0.4 is 4.90 Å². The van der Waals surface area contributed by atoms with E-state index in [9.17, 15) is 4.79 Å². The lowest BCUT2D eigenvalue weighted by Gasteiger charge is -2.18. The average molecular weight is 270 g/mol. The number of carboxylic acids is 1. The molecule has 4 heteroatoms. The first-order valence-corrected chi connectivity index (χ1v) is 6.93. The molecule has 0 unspecified atom stereocenters. The Labute approximate surface area is 118 Å². The Morgan fingerprint density at radius 2 is 1.65 bits per heavy atom. The minimum absolute atomic E-state index is 0.355. The van der Waals surface area contributed by atoms with Crippen LogP contribution >= 0.6 is 0 Å². The monoisotopic (exact) mass is 270 g/mol. The molecule has 20 heavy (non-hydrogen) atoms. The second-order valence-corrected chi connectivity index (χ2v) is 5.20. The van der Waals surface area contributed by atoms with Crippen molar-refractivity contribution in [2.45, 2.75) is 19.8 Å². The first kappa shape index (κ1) is 12.8. The Balaban J connectivity index is 1.89. The van der Waals surface area contributed by atoms with Gasteiger partial charge in [-0.3, -0.25) is 0 Å². The Kier molecular flexibility index (Phi) is 3.22. The number of carboxylic acid groups (broad SMARTS) is 1. The minimum Gasteiger partial charge on any atom is -0.478 e. The lowest BCUT2D eigenvalue weighted by Crippen LogP contribution is -2.17. The van der Waals surface area contributed by atoms with Gasteiger partial charge in [0, 0.05) is 36.4 Å². The SMILES string of the molecule is Cc1c(C(=O)O)ccn1-c1ccc(N2CCCC2)cc1. The molecule has 0 radical (unpaired) electrons. The van der Waals surface area contributed by atoms with Crippen molar-refractivity contribution >= 4 is 11.7 Å². The van der Waals surface area contributed by atoms with E-state index in [-0.39, 0.29) is 0 Å². The number of hydrogen-bond acceptors (Lipinski definition) is 2. The molecule has 0 spiro atoms. The van der Waals surface area contributed by atoms with Crippen molar-refractivity contribution in [3.05, 3.63) is 47.8 Å². The average Bonchev–Trinajstić information content (AvgIpc) is 3.08. The lowest BCUT2D eigenvalue weighted by molar-refractivity contribution is 0.0696. The number of rotatable bonds is 3. The summed E-state index contributed by atoms with van der Waals surface area (Å²) in [5.74, 6) is -0.880. The van der Waals surface area contributed by atoms with E-state index in [1.165, 1.54) is 18.5 Å². The Morgan fingerprint density at radius 3 is 2.20 bits per heavy atom. The third-order valence-electron chi connectivity index (χ3n) is 3.97. The molecule has 2 aromatic rings. The fraction of sp³-hybridized carbons (Fsp3) is 0.312. The third kappa shape index (κ3) is 2.18. The summed E-state index contributed by atoms with van der Waals surface area (Å²) >= 11 is 0. The molecule has 1 fully saturated rings. The normalized spacial score (nSPS) is 14.8. The zero-order valence-electron chi connectivity index (χ0n) is 11.5. The molecule has 1 aliphatic heterocycles. The molecular weight excluding hydrogens is 252 g/mol.